The number of benzene rings is 1. The maximum atomic E-state index is 6.13. The predicted molar refractivity (Wildman–Crippen MR) is 94.8 cm³/mol. The van der Waals surface area contributed by atoms with Crippen LogP contribution in [0.1, 0.15) is 6.42 Å². The third-order valence-corrected chi connectivity index (χ3v) is 3.57. The first-order chi connectivity index (χ1) is 12.3. The van der Waals surface area contributed by atoms with E-state index < -0.39 is 0 Å². The number of hydrogen-bond acceptors (Lipinski definition) is 7. The van der Waals surface area contributed by atoms with Gasteiger partial charge in [-0.3, -0.25) is 0 Å². The van der Waals surface area contributed by atoms with Gasteiger partial charge >= 0.3 is 0 Å². The molecule has 0 saturated carbocycles. The summed E-state index contributed by atoms with van der Waals surface area (Å²) in [5.41, 5.74) is 6.49. The molecule has 0 saturated heterocycles. The zero-order valence-electron chi connectivity index (χ0n) is 13.9. The molecule has 0 atom stereocenters. The molecule has 0 aliphatic heterocycles. The monoisotopic (exact) mass is 340 g/mol. The molecule has 0 bridgehead atoms. The van der Waals surface area contributed by atoms with Crippen molar-refractivity contribution in [3.63, 3.8) is 0 Å². The highest BCUT2D eigenvalue weighted by Crippen LogP contribution is 2.34. The highest BCUT2D eigenvalue weighted by molar-refractivity contribution is 5.67. The molecule has 0 fully saturated rings. The Labute approximate surface area is 145 Å². The van der Waals surface area contributed by atoms with E-state index in [0.29, 0.717) is 29.5 Å². The molecule has 3 N–H and O–H groups in total. The van der Waals surface area contributed by atoms with E-state index in [1.54, 1.807) is 25.7 Å². The number of methoxy groups -OCH3 is 1. The quantitative estimate of drug-likeness (QED) is 0.608. The number of para-hydroxylation sites is 2. The summed E-state index contributed by atoms with van der Waals surface area (Å²) in [4.78, 5) is 12.3. The van der Waals surface area contributed by atoms with Gasteiger partial charge in [-0.2, -0.15) is 4.98 Å². The Kier molecular flexibility index (Phi) is 5.30. The van der Waals surface area contributed by atoms with Gasteiger partial charge in [0.2, 0.25) is 5.88 Å². The second kappa shape index (κ2) is 8.00. The molecule has 1 aromatic carbocycles. The Balaban J connectivity index is 1.63. The number of aryl methyl sites for hydroxylation is 1. The summed E-state index contributed by atoms with van der Waals surface area (Å²) in [6.45, 7) is 1.58. The SMILES string of the molecule is COc1ccccc1Oc1ncnc(NCCCn2ccnc2)c1N. The van der Waals surface area contributed by atoms with E-state index in [9.17, 15) is 0 Å². The first kappa shape index (κ1) is 16.6. The Morgan fingerprint density at radius 1 is 1.20 bits per heavy atom. The highest BCUT2D eigenvalue weighted by atomic mass is 16.5. The lowest BCUT2D eigenvalue weighted by Gasteiger charge is -2.13. The molecule has 8 nitrogen and oxygen atoms in total. The van der Waals surface area contributed by atoms with Crippen molar-refractivity contribution in [3.05, 3.63) is 49.3 Å². The van der Waals surface area contributed by atoms with Gasteiger partial charge in [0.1, 0.15) is 12.0 Å². The number of anilines is 2. The van der Waals surface area contributed by atoms with Crippen LogP contribution in [0.25, 0.3) is 0 Å². The number of aromatic nitrogens is 4. The molecule has 0 radical (unpaired) electrons. The van der Waals surface area contributed by atoms with Gasteiger partial charge in [0.25, 0.3) is 0 Å². The van der Waals surface area contributed by atoms with E-state index in [-0.39, 0.29) is 5.88 Å². The zero-order valence-corrected chi connectivity index (χ0v) is 13.9. The van der Waals surface area contributed by atoms with E-state index >= 15 is 0 Å². The number of ether oxygens (including phenoxy) is 2. The highest BCUT2D eigenvalue weighted by Gasteiger charge is 2.12. The average Bonchev–Trinajstić information content (AvgIpc) is 3.15. The molecule has 3 aromatic rings. The summed E-state index contributed by atoms with van der Waals surface area (Å²) < 4.78 is 13.1. The van der Waals surface area contributed by atoms with Crippen molar-refractivity contribution in [2.45, 2.75) is 13.0 Å². The van der Waals surface area contributed by atoms with Crippen molar-refractivity contribution < 1.29 is 9.47 Å². The van der Waals surface area contributed by atoms with Crippen molar-refractivity contribution in [1.29, 1.82) is 0 Å². The van der Waals surface area contributed by atoms with Crippen LogP contribution in [-0.4, -0.2) is 33.2 Å². The summed E-state index contributed by atoms with van der Waals surface area (Å²) in [6.07, 6.45) is 7.80. The molecule has 0 amide bonds. The fraction of sp³-hybridized carbons (Fsp3) is 0.235. The Hall–Kier alpha value is -3.29. The molecule has 0 unspecified atom stereocenters. The molecule has 0 aliphatic carbocycles. The third-order valence-electron chi connectivity index (χ3n) is 3.57. The van der Waals surface area contributed by atoms with Gasteiger partial charge < -0.3 is 25.1 Å². The van der Waals surface area contributed by atoms with E-state index in [2.05, 4.69) is 20.3 Å². The normalized spacial score (nSPS) is 10.4. The van der Waals surface area contributed by atoms with Crippen molar-refractivity contribution in [2.75, 3.05) is 24.7 Å². The molecule has 3 rings (SSSR count). The topological polar surface area (TPSA) is 100 Å². The van der Waals surface area contributed by atoms with Crippen LogP contribution in [0.3, 0.4) is 0 Å². The summed E-state index contributed by atoms with van der Waals surface area (Å²) >= 11 is 0. The zero-order chi connectivity index (χ0) is 17.5. The Morgan fingerprint density at radius 3 is 2.80 bits per heavy atom. The lowest BCUT2D eigenvalue weighted by Crippen LogP contribution is -2.10. The summed E-state index contributed by atoms with van der Waals surface area (Å²) in [5, 5.41) is 3.21. The summed E-state index contributed by atoms with van der Waals surface area (Å²) in [6, 6.07) is 7.31. The standard InChI is InChI=1S/C17H20N6O2/c1-24-13-5-2-3-6-14(13)25-17-15(18)16(21-11-22-17)20-7-4-9-23-10-8-19-12-23/h2-3,5-6,8,10-12H,4,7,9,18H2,1H3,(H,20,21,22). The molecule has 0 spiro atoms. The van der Waals surface area contributed by atoms with Gasteiger partial charge in [-0.25, -0.2) is 9.97 Å². The Bertz CT molecular complexity index is 807. The van der Waals surface area contributed by atoms with E-state index in [1.165, 1.54) is 6.33 Å². The smallest absolute Gasteiger partial charge is 0.248 e. The van der Waals surface area contributed by atoms with Crippen molar-refractivity contribution in [3.8, 4) is 17.4 Å². The van der Waals surface area contributed by atoms with Crippen LogP contribution in [-0.2, 0) is 6.54 Å². The van der Waals surface area contributed by atoms with Gasteiger partial charge in [-0.15, -0.1) is 0 Å². The fourth-order valence-electron chi connectivity index (χ4n) is 2.30. The molecule has 25 heavy (non-hydrogen) atoms. The summed E-state index contributed by atoms with van der Waals surface area (Å²) in [7, 11) is 1.58. The maximum absolute atomic E-state index is 6.13. The number of imidazole rings is 1. The van der Waals surface area contributed by atoms with Crippen LogP contribution in [0.4, 0.5) is 11.5 Å². The van der Waals surface area contributed by atoms with Gasteiger partial charge in [-0.05, 0) is 18.6 Å². The van der Waals surface area contributed by atoms with Gasteiger partial charge in [-0.1, -0.05) is 12.1 Å². The van der Waals surface area contributed by atoms with Crippen LogP contribution in [0.5, 0.6) is 17.4 Å². The van der Waals surface area contributed by atoms with Crippen LogP contribution in [0, 0.1) is 0 Å². The minimum atomic E-state index is 0.289. The van der Waals surface area contributed by atoms with Gasteiger partial charge in [0.05, 0.1) is 13.4 Å². The third kappa shape index (κ3) is 4.17. The van der Waals surface area contributed by atoms with Crippen LogP contribution >= 0.6 is 0 Å². The minimum absolute atomic E-state index is 0.289. The molecule has 2 heterocycles. The van der Waals surface area contributed by atoms with E-state index in [0.717, 1.165) is 13.0 Å². The largest absolute Gasteiger partial charge is 0.493 e. The predicted octanol–water partition coefficient (Wildman–Crippen LogP) is 2.56. The van der Waals surface area contributed by atoms with Crippen LogP contribution < -0.4 is 20.5 Å². The molecular formula is C17H20N6O2. The van der Waals surface area contributed by atoms with Crippen molar-refractivity contribution >= 4 is 11.5 Å². The maximum Gasteiger partial charge on any atom is 0.248 e. The van der Waals surface area contributed by atoms with Crippen LogP contribution in [0.15, 0.2) is 49.3 Å². The van der Waals surface area contributed by atoms with E-state index in [4.69, 9.17) is 15.2 Å². The van der Waals surface area contributed by atoms with Gasteiger partial charge in [0, 0.05) is 25.5 Å². The number of nitrogen functional groups attached to an aromatic ring is 1. The number of rotatable bonds is 8. The molecule has 2 aromatic heterocycles. The molecule has 8 heteroatoms. The summed E-state index contributed by atoms with van der Waals surface area (Å²) in [5.74, 6) is 1.99. The van der Waals surface area contributed by atoms with Crippen LogP contribution in [0.2, 0.25) is 0 Å². The van der Waals surface area contributed by atoms with Crippen molar-refractivity contribution in [2.24, 2.45) is 0 Å². The van der Waals surface area contributed by atoms with Gasteiger partial charge in [0.15, 0.2) is 17.3 Å². The minimum Gasteiger partial charge on any atom is -0.493 e. The van der Waals surface area contributed by atoms with E-state index in [1.807, 2.05) is 29.0 Å². The number of nitrogens with one attached hydrogen (secondary N) is 1. The first-order valence-electron chi connectivity index (χ1n) is 7.89. The lowest BCUT2D eigenvalue weighted by atomic mass is 10.3. The Morgan fingerprint density at radius 2 is 2.04 bits per heavy atom. The first-order valence-corrected chi connectivity index (χ1v) is 7.89. The second-order valence-electron chi connectivity index (χ2n) is 5.27. The number of nitrogens with two attached hydrogens (primary N) is 1. The fourth-order valence-corrected chi connectivity index (χ4v) is 2.30. The number of nitrogens with zero attached hydrogens (tertiary/aromatic N) is 4. The number of hydrogen-bond donors (Lipinski definition) is 2. The molecule has 0 aliphatic rings. The molecular weight excluding hydrogens is 320 g/mol. The average molecular weight is 340 g/mol. The lowest BCUT2D eigenvalue weighted by molar-refractivity contribution is 0.374. The molecule has 130 valence electrons. The van der Waals surface area contributed by atoms with Crippen molar-refractivity contribution in [1.82, 2.24) is 19.5 Å². The second-order valence-corrected chi connectivity index (χ2v) is 5.27.